The van der Waals surface area contributed by atoms with E-state index in [4.69, 9.17) is 0 Å². The number of carbonyl (C=O) groups is 1. The molecule has 1 N–H and O–H groups in total. The number of aryl methyl sites for hydroxylation is 1. The Hall–Kier alpha value is -4.31. The Balaban J connectivity index is 1.63. The van der Waals surface area contributed by atoms with E-state index in [-0.39, 0.29) is 22.4 Å². The smallest absolute Gasteiger partial charge is 0.268 e. The van der Waals surface area contributed by atoms with Gasteiger partial charge in [0.1, 0.15) is 10.7 Å². The van der Waals surface area contributed by atoms with Gasteiger partial charge >= 0.3 is 0 Å². The minimum absolute atomic E-state index is 0.122. The van der Waals surface area contributed by atoms with E-state index in [1.54, 1.807) is 24.4 Å². The number of pyridine rings is 1. The standard InChI is InChI=1S/C23H17N5O4S/c1-15-5-11-18(12-6-15)33-22-19(23(30)27-13-3-2-4-20(27)25-22)14-24-26-21(29)16-7-9-17(10-8-16)28(31)32/h2-14H,1H3,(H,26,29)/b24-14-. The van der Waals surface area contributed by atoms with Gasteiger partial charge in [-0.3, -0.25) is 24.1 Å². The number of aromatic nitrogens is 2. The third-order valence-corrected chi connectivity index (χ3v) is 5.68. The molecule has 0 radical (unpaired) electrons. The first kappa shape index (κ1) is 21.9. The van der Waals surface area contributed by atoms with E-state index in [0.29, 0.717) is 10.7 Å². The van der Waals surface area contributed by atoms with Crippen molar-refractivity contribution in [3.05, 3.63) is 110 Å². The van der Waals surface area contributed by atoms with Gasteiger partial charge in [-0.2, -0.15) is 5.10 Å². The van der Waals surface area contributed by atoms with Crippen LogP contribution in [0.3, 0.4) is 0 Å². The molecule has 0 atom stereocenters. The molecule has 0 saturated heterocycles. The van der Waals surface area contributed by atoms with Gasteiger partial charge in [-0.15, -0.1) is 0 Å². The lowest BCUT2D eigenvalue weighted by molar-refractivity contribution is -0.384. The zero-order valence-electron chi connectivity index (χ0n) is 17.3. The summed E-state index contributed by atoms with van der Waals surface area (Å²) in [6.45, 7) is 1.99. The van der Waals surface area contributed by atoms with Crippen molar-refractivity contribution in [3.8, 4) is 0 Å². The first-order chi connectivity index (χ1) is 15.9. The molecule has 4 aromatic rings. The Kier molecular flexibility index (Phi) is 6.27. The van der Waals surface area contributed by atoms with Crippen LogP contribution in [0.1, 0.15) is 21.5 Å². The van der Waals surface area contributed by atoms with Crippen LogP contribution >= 0.6 is 11.8 Å². The number of benzene rings is 2. The predicted octanol–water partition coefficient (Wildman–Crippen LogP) is 3.83. The monoisotopic (exact) mass is 459 g/mol. The molecule has 33 heavy (non-hydrogen) atoms. The lowest BCUT2D eigenvalue weighted by Gasteiger charge is -2.08. The topological polar surface area (TPSA) is 119 Å². The van der Waals surface area contributed by atoms with Crippen LogP contribution in [0.25, 0.3) is 5.65 Å². The minimum Gasteiger partial charge on any atom is -0.268 e. The second-order valence-corrected chi connectivity index (χ2v) is 8.05. The van der Waals surface area contributed by atoms with Crippen LogP contribution in [0.4, 0.5) is 5.69 Å². The van der Waals surface area contributed by atoms with Crippen LogP contribution in [0.2, 0.25) is 0 Å². The number of hydrogen-bond donors (Lipinski definition) is 1. The van der Waals surface area contributed by atoms with Crippen LogP contribution in [0, 0.1) is 17.0 Å². The molecule has 0 aliphatic heterocycles. The molecule has 9 nitrogen and oxygen atoms in total. The molecule has 0 aliphatic carbocycles. The second-order valence-electron chi connectivity index (χ2n) is 6.98. The fourth-order valence-electron chi connectivity index (χ4n) is 2.94. The van der Waals surface area contributed by atoms with Crippen molar-refractivity contribution in [2.45, 2.75) is 16.8 Å². The number of hydrazone groups is 1. The Morgan fingerprint density at radius 1 is 1.12 bits per heavy atom. The summed E-state index contributed by atoms with van der Waals surface area (Å²) in [7, 11) is 0. The summed E-state index contributed by atoms with van der Waals surface area (Å²) in [5, 5.41) is 15.1. The Morgan fingerprint density at radius 2 is 1.85 bits per heavy atom. The second kappa shape index (κ2) is 9.45. The van der Waals surface area contributed by atoms with Crippen molar-refractivity contribution >= 4 is 35.2 Å². The quantitative estimate of drug-likeness (QED) is 0.203. The molecule has 10 heteroatoms. The lowest BCUT2D eigenvalue weighted by atomic mass is 10.2. The highest BCUT2D eigenvalue weighted by molar-refractivity contribution is 7.99. The van der Waals surface area contributed by atoms with Crippen molar-refractivity contribution in [1.29, 1.82) is 0 Å². The number of nitrogens with zero attached hydrogens (tertiary/aromatic N) is 4. The highest BCUT2D eigenvalue weighted by Crippen LogP contribution is 2.27. The van der Waals surface area contributed by atoms with Gasteiger partial charge in [-0.1, -0.05) is 35.5 Å². The highest BCUT2D eigenvalue weighted by Gasteiger charge is 2.13. The van der Waals surface area contributed by atoms with Gasteiger partial charge in [0.2, 0.25) is 0 Å². The van der Waals surface area contributed by atoms with Crippen LogP contribution < -0.4 is 11.0 Å². The van der Waals surface area contributed by atoms with E-state index in [0.717, 1.165) is 10.5 Å². The van der Waals surface area contributed by atoms with Gasteiger partial charge in [0.25, 0.3) is 17.2 Å². The largest absolute Gasteiger partial charge is 0.271 e. The van der Waals surface area contributed by atoms with Crippen LogP contribution in [0.15, 0.2) is 92.7 Å². The average molecular weight is 459 g/mol. The maximum Gasteiger partial charge on any atom is 0.271 e. The van der Waals surface area contributed by atoms with E-state index in [1.807, 2.05) is 31.2 Å². The molecule has 0 saturated carbocycles. The molecule has 2 aromatic carbocycles. The van der Waals surface area contributed by atoms with E-state index in [9.17, 15) is 19.7 Å². The number of rotatable bonds is 6. The minimum atomic E-state index is -0.567. The van der Waals surface area contributed by atoms with E-state index < -0.39 is 10.8 Å². The number of non-ortho nitro benzene ring substituents is 1. The number of fused-ring (bicyclic) bond motifs is 1. The Labute approximate surface area is 192 Å². The van der Waals surface area contributed by atoms with Crippen molar-refractivity contribution in [1.82, 2.24) is 14.8 Å². The number of nitrogens with one attached hydrogen (secondary N) is 1. The van der Waals surface area contributed by atoms with E-state index in [2.05, 4.69) is 15.5 Å². The molecule has 0 unspecified atom stereocenters. The molecule has 0 fully saturated rings. The molecule has 0 bridgehead atoms. The average Bonchev–Trinajstić information content (AvgIpc) is 2.82. The zero-order chi connectivity index (χ0) is 23.4. The molecule has 2 heterocycles. The highest BCUT2D eigenvalue weighted by atomic mass is 32.2. The molecular formula is C23H17N5O4S. The Bertz CT molecular complexity index is 1430. The maximum atomic E-state index is 13.1. The third kappa shape index (κ3) is 4.96. The van der Waals surface area contributed by atoms with Crippen molar-refractivity contribution in [2.24, 2.45) is 5.10 Å². The first-order valence-electron chi connectivity index (χ1n) is 9.76. The van der Waals surface area contributed by atoms with Crippen molar-refractivity contribution < 1.29 is 9.72 Å². The molecule has 4 rings (SSSR count). The van der Waals surface area contributed by atoms with Gasteiger partial charge in [0, 0.05) is 28.8 Å². The number of hydrogen-bond acceptors (Lipinski definition) is 7. The lowest BCUT2D eigenvalue weighted by Crippen LogP contribution is -2.22. The normalized spacial score (nSPS) is 11.1. The maximum absolute atomic E-state index is 13.1. The van der Waals surface area contributed by atoms with Crippen LogP contribution in [-0.4, -0.2) is 26.4 Å². The van der Waals surface area contributed by atoms with E-state index in [1.165, 1.54) is 46.6 Å². The summed E-state index contributed by atoms with van der Waals surface area (Å²) in [4.78, 5) is 41.1. The predicted molar refractivity (Wildman–Crippen MR) is 125 cm³/mol. The molecule has 164 valence electrons. The third-order valence-electron chi connectivity index (χ3n) is 4.67. The Morgan fingerprint density at radius 3 is 2.55 bits per heavy atom. The molecule has 0 aliphatic rings. The summed E-state index contributed by atoms with van der Waals surface area (Å²) >= 11 is 1.32. The summed E-state index contributed by atoms with van der Waals surface area (Å²) in [6, 6.07) is 18.2. The summed E-state index contributed by atoms with van der Waals surface area (Å²) in [5.41, 5.74) is 3.91. The summed E-state index contributed by atoms with van der Waals surface area (Å²) < 4.78 is 1.40. The number of carbonyl (C=O) groups excluding carboxylic acids is 1. The molecule has 0 spiro atoms. The number of nitro groups is 1. The van der Waals surface area contributed by atoms with Crippen molar-refractivity contribution in [2.75, 3.05) is 0 Å². The van der Waals surface area contributed by atoms with Gasteiger partial charge in [0.05, 0.1) is 16.7 Å². The zero-order valence-corrected chi connectivity index (χ0v) is 18.2. The molecule has 2 aromatic heterocycles. The molecule has 1 amide bonds. The van der Waals surface area contributed by atoms with Crippen LogP contribution in [0.5, 0.6) is 0 Å². The van der Waals surface area contributed by atoms with Crippen molar-refractivity contribution in [3.63, 3.8) is 0 Å². The first-order valence-corrected chi connectivity index (χ1v) is 10.6. The van der Waals surface area contributed by atoms with Crippen LogP contribution in [-0.2, 0) is 0 Å². The SMILES string of the molecule is Cc1ccc(Sc2nc3ccccn3c(=O)c2/C=N\NC(=O)c2ccc([N+](=O)[O-])cc2)cc1. The van der Waals surface area contributed by atoms with Gasteiger partial charge in [-0.05, 0) is 43.3 Å². The van der Waals surface area contributed by atoms with Gasteiger partial charge in [0.15, 0.2) is 0 Å². The number of nitro benzene ring substituents is 1. The summed E-state index contributed by atoms with van der Waals surface area (Å²) in [6.07, 6.45) is 2.87. The van der Waals surface area contributed by atoms with Gasteiger partial charge < -0.3 is 0 Å². The number of amides is 1. The van der Waals surface area contributed by atoms with E-state index >= 15 is 0 Å². The molecular weight excluding hydrogens is 442 g/mol. The fraction of sp³-hybridized carbons (Fsp3) is 0.0435. The fourth-order valence-corrected chi connectivity index (χ4v) is 3.83. The summed E-state index contributed by atoms with van der Waals surface area (Å²) in [5.74, 6) is -0.567. The van der Waals surface area contributed by atoms with Gasteiger partial charge in [-0.25, -0.2) is 10.4 Å².